The summed E-state index contributed by atoms with van der Waals surface area (Å²) in [5.41, 5.74) is 0.817. The van der Waals surface area contributed by atoms with Gasteiger partial charge in [-0.15, -0.1) is 11.6 Å². The number of halogens is 1. The molecule has 0 spiro atoms. The second-order valence-electron chi connectivity index (χ2n) is 3.17. The van der Waals surface area contributed by atoms with E-state index in [-0.39, 0.29) is 11.9 Å². The Kier molecular flexibility index (Phi) is 2.91. The van der Waals surface area contributed by atoms with Gasteiger partial charge in [-0.25, -0.2) is 0 Å². The number of alkyl halides is 1. The van der Waals surface area contributed by atoms with Gasteiger partial charge in [-0.05, 0) is 12.1 Å². The number of rotatable bonds is 2. The third kappa shape index (κ3) is 2.00. The first-order valence-corrected chi connectivity index (χ1v) is 4.95. The van der Waals surface area contributed by atoms with Crippen molar-refractivity contribution in [3.8, 4) is 5.75 Å². The molecule has 76 valence electrons. The van der Waals surface area contributed by atoms with Crippen LogP contribution in [0.2, 0.25) is 0 Å². The van der Waals surface area contributed by atoms with E-state index in [9.17, 15) is 5.11 Å². The summed E-state index contributed by atoms with van der Waals surface area (Å²) >= 11 is 5.64. The lowest BCUT2D eigenvalue weighted by atomic mass is 10.2. The first-order valence-electron chi connectivity index (χ1n) is 4.41. The van der Waals surface area contributed by atoms with Crippen molar-refractivity contribution in [1.29, 1.82) is 0 Å². The van der Waals surface area contributed by atoms with Crippen LogP contribution in [0.1, 0.15) is 11.9 Å². The molecule has 0 aromatic heterocycles. The molecule has 1 fully saturated rings. The van der Waals surface area contributed by atoms with E-state index < -0.39 is 6.29 Å². The first kappa shape index (κ1) is 9.77. The molecule has 2 rings (SSSR count). The number of benzene rings is 1. The molecule has 1 aromatic rings. The van der Waals surface area contributed by atoms with E-state index in [4.69, 9.17) is 21.1 Å². The van der Waals surface area contributed by atoms with Gasteiger partial charge in [0.2, 0.25) is 0 Å². The van der Waals surface area contributed by atoms with Crippen molar-refractivity contribution in [3.63, 3.8) is 0 Å². The topological polar surface area (TPSA) is 38.7 Å². The van der Waals surface area contributed by atoms with Crippen LogP contribution in [-0.4, -0.2) is 23.7 Å². The van der Waals surface area contributed by atoms with Crippen LogP contribution in [-0.2, 0) is 9.47 Å². The van der Waals surface area contributed by atoms with Gasteiger partial charge in [-0.1, -0.05) is 12.1 Å². The van der Waals surface area contributed by atoms with Gasteiger partial charge in [0.25, 0.3) is 0 Å². The Hall–Kier alpha value is -0.770. The Bertz CT molecular complexity index is 316. The minimum absolute atomic E-state index is 0.0518. The van der Waals surface area contributed by atoms with Crippen molar-refractivity contribution >= 4 is 11.6 Å². The average molecular weight is 215 g/mol. The summed E-state index contributed by atoms with van der Waals surface area (Å²) in [6.45, 7) is 0.504. The van der Waals surface area contributed by atoms with Gasteiger partial charge in [-0.2, -0.15) is 0 Å². The summed E-state index contributed by atoms with van der Waals surface area (Å²) in [6.07, 6.45) is -0.449. The zero-order valence-corrected chi connectivity index (χ0v) is 8.28. The Morgan fingerprint density at radius 3 is 3.00 bits per heavy atom. The number of phenolic OH excluding ortho intramolecular Hbond substituents is 1. The average Bonchev–Trinajstić information content (AvgIpc) is 2.66. The van der Waals surface area contributed by atoms with Crippen molar-refractivity contribution in [3.05, 3.63) is 29.8 Å². The van der Waals surface area contributed by atoms with E-state index in [1.54, 1.807) is 18.2 Å². The van der Waals surface area contributed by atoms with Gasteiger partial charge in [0.05, 0.1) is 18.6 Å². The molecule has 4 heteroatoms. The second kappa shape index (κ2) is 4.17. The summed E-state index contributed by atoms with van der Waals surface area (Å²) < 4.78 is 10.9. The smallest absolute Gasteiger partial charge is 0.184 e. The van der Waals surface area contributed by atoms with Crippen molar-refractivity contribution < 1.29 is 14.6 Å². The molecule has 1 N–H and O–H groups in total. The lowest BCUT2D eigenvalue weighted by Gasteiger charge is -2.10. The molecule has 0 amide bonds. The summed E-state index contributed by atoms with van der Waals surface area (Å²) in [5, 5.41) is 9.26. The number of ether oxygens (including phenoxy) is 2. The fraction of sp³-hybridized carbons (Fsp3) is 0.400. The Morgan fingerprint density at radius 2 is 2.36 bits per heavy atom. The van der Waals surface area contributed by atoms with E-state index in [1.165, 1.54) is 0 Å². The molecule has 14 heavy (non-hydrogen) atoms. The lowest BCUT2D eigenvalue weighted by molar-refractivity contribution is -0.0568. The molecule has 0 aliphatic carbocycles. The van der Waals surface area contributed by atoms with Crippen LogP contribution in [0.3, 0.4) is 0 Å². The molecule has 1 heterocycles. The highest BCUT2D eigenvalue weighted by molar-refractivity contribution is 6.18. The molecule has 0 bridgehead atoms. The van der Waals surface area contributed by atoms with Crippen LogP contribution in [0.15, 0.2) is 24.3 Å². The van der Waals surface area contributed by atoms with Crippen LogP contribution < -0.4 is 0 Å². The Balaban J connectivity index is 2.09. The Labute approximate surface area is 87.2 Å². The standard InChI is InChI=1S/C10H11ClO3/c11-5-9-6-13-10(14-9)7-2-1-3-8(12)4-7/h1-4,9-10,12H,5-6H2. The van der Waals surface area contributed by atoms with Crippen LogP contribution in [0.25, 0.3) is 0 Å². The molecular formula is C10H11ClO3. The fourth-order valence-corrected chi connectivity index (χ4v) is 1.54. The summed E-state index contributed by atoms with van der Waals surface area (Å²) in [4.78, 5) is 0. The van der Waals surface area contributed by atoms with Gasteiger partial charge in [-0.3, -0.25) is 0 Å². The minimum Gasteiger partial charge on any atom is -0.508 e. The second-order valence-corrected chi connectivity index (χ2v) is 3.48. The monoisotopic (exact) mass is 214 g/mol. The van der Waals surface area contributed by atoms with E-state index in [2.05, 4.69) is 0 Å². The third-order valence-corrected chi connectivity index (χ3v) is 2.41. The van der Waals surface area contributed by atoms with E-state index in [0.717, 1.165) is 5.56 Å². The van der Waals surface area contributed by atoms with Gasteiger partial charge in [0, 0.05) is 5.56 Å². The Morgan fingerprint density at radius 1 is 1.50 bits per heavy atom. The quantitative estimate of drug-likeness (QED) is 0.766. The zero-order chi connectivity index (χ0) is 9.97. The number of hydrogen-bond acceptors (Lipinski definition) is 3. The SMILES string of the molecule is Oc1cccc(C2OCC(CCl)O2)c1. The maximum Gasteiger partial charge on any atom is 0.184 e. The van der Waals surface area contributed by atoms with E-state index in [1.807, 2.05) is 6.07 Å². The van der Waals surface area contributed by atoms with Crippen LogP contribution in [0, 0.1) is 0 Å². The van der Waals surface area contributed by atoms with Crippen molar-refractivity contribution in [1.82, 2.24) is 0 Å². The van der Waals surface area contributed by atoms with E-state index in [0.29, 0.717) is 12.5 Å². The highest BCUT2D eigenvalue weighted by Gasteiger charge is 2.26. The van der Waals surface area contributed by atoms with Gasteiger partial charge >= 0.3 is 0 Å². The molecule has 2 atom stereocenters. The summed E-state index contributed by atoms with van der Waals surface area (Å²) in [6, 6.07) is 6.84. The zero-order valence-electron chi connectivity index (χ0n) is 7.52. The van der Waals surface area contributed by atoms with E-state index >= 15 is 0 Å². The van der Waals surface area contributed by atoms with Crippen LogP contribution in [0.4, 0.5) is 0 Å². The van der Waals surface area contributed by atoms with Crippen LogP contribution >= 0.6 is 11.6 Å². The molecule has 1 aliphatic rings. The number of aromatic hydroxyl groups is 1. The van der Waals surface area contributed by atoms with Gasteiger partial charge in [0.1, 0.15) is 5.75 Å². The minimum atomic E-state index is -0.397. The maximum absolute atomic E-state index is 9.26. The highest BCUT2D eigenvalue weighted by atomic mass is 35.5. The molecular weight excluding hydrogens is 204 g/mol. The summed E-state index contributed by atoms with van der Waals surface area (Å²) in [7, 11) is 0. The molecule has 3 nitrogen and oxygen atoms in total. The van der Waals surface area contributed by atoms with Crippen molar-refractivity contribution in [2.75, 3.05) is 12.5 Å². The molecule has 2 unspecified atom stereocenters. The fourth-order valence-electron chi connectivity index (χ4n) is 1.38. The van der Waals surface area contributed by atoms with Crippen LogP contribution in [0.5, 0.6) is 5.75 Å². The maximum atomic E-state index is 9.26. The van der Waals surface area contributed by atoms with Crippen molar-refractivity contribution in [2.24, 2.45) is 0 Å². The largest absolute Gasteiger partial charge is 0.508 e. The lowest BCUT2D eigenvalue weighted by Crippen LogP contribution is -2.10. The van der Waals surface area contributed by atoms with Gasteiger partial charge < -0.3 is 14.6 Å². The number of hydrogen-bond donors (Lipinski definition) is 1. The number of phenols is 1. The molecule has 1 aromatic carbocycles. The predicted octanol–water partition coefficient (Wildman–Crippen LogP) is 2.04. The molecule has 0 radical (unpaired) electrons. The molecule has 1 saturated heterocycles. The van der Waals surface area contributed by atoms with Gasteiger partial charge in [0.15, 0.2) is 6.29 Å². The molecule has 1 aliphatic heterocycles. The third-order valence-electron chi connectivity index (χ3n) is 2.06. The normalized spacial score (nSPS) is 26.6. The first-order chi connectivity index (χ1) is 6.79. The molecule has 0 saturated carbocycles. The van der Waals surface area contributed by atoms with Crippen molar-refractivity contribution in [2.45, 2.75) is 12.4 Å². The predicted molar refractivity (Wildman–Crippen MR) is 52.4 cm³/mol. The highest BCUT2D eigenvalue weighted by Crippen LogP contribution is 2.28. The summed E-state index contributed by atoms with van der Waals surface area (Å²) in [5.74, 6) is 0.638.